The Morgan fingerprint density at radius 1 is 1.22 bits per heavy atom. The van der Waals surface area contributed by atoms with Crippen molar-refractivity contribution in [2.24, 2.45) is 5.92 Å². The first-order chi connectivity index (χ1) is 12.9. The van der Waals surface area contributed by atoms with Crippen LogP contribution in [0, 0.1) is 12.8 Å². The number of fused-ring (bicyclic) bond motifs is 1. The van der Waals surface area contributed by atoms with Crippen LogP contribution in [0.5, 0.6) is 11.5 Å². The standard InChI is InChI=1S/C21H27N3O3/c1-13-11-19(23-24(13)14(2)15-5-6-15)22-20(25)21(3,4)16-7-8-17-18(12-16)27-10-9-26-17/h7-8,11-12,14-15H,5-6,9-10H2,1-4H3,(H,22,23,25). The lowest BCUT2D eigenvalue weighted by molar-refractivity contribution is -0.120. The van der Waals surface area contributed by atoms with Crippen LogP contribution in [0.4, 0.5) is 5.82 Å². The van der Waals surface area contributed by atoms with E-state index < -0.39 is 5.41 Å². The fraction of sp³-hybridized carbons (Fsp3) is 0.524. The first kappa shape index (κ1) is 17.9. The highest BCUT2D eigenvalue weighted by atomic mass is 16.6. The number of nitrogens with one attached hydrogen (secondary N) is 1. The second kappa shape index (κ2) is 6.59. The van der Waals surface area contributed by atoms with Crippen molar-refractivity contribution in [1.82, 2.24) is 9.78 Å². The van der Waals surface area contributed by atoms with Gasteiger partial charge in [-0.05, 0) is 64.2 Å². The molecule has 1 saturated carbocycles. The van der Waals surface area contributed by atoms with Gasteiger partial charge in [0.2, 0.25) is 5.91 Å². The maximum Gasteiger partial charge on any atom is 0.235 e. The second-order valence-electron chi connectivity index (χ2n) is 8.13. The average Bonchev–Trinajstić information content (AvgIpc) is 3.44. The van der Waals surface area contributed by atoms with Crippen LogP contribution in [-0.2, 0) is 10.2 Å². The predicted octanol–water partition coefficient (Wildman–Crippen LogP) is 3.85. The topological polar surface area (TPSA) is 65.4 Å². The zero-order valence-electron chi connectivity index (χ0n) is 16.4. The van der Waals surface area contributed by atoms with Crippen molar-refractivity contribution in [2.45, 2.75) is 52.0 Å². The van der Waals surface area contributed by atoms with Crippen molar-refractivity contribution in [3.05, 3.63) is 35.5 Å². The number of ether oxygens (including phenoxy) is 2. The van der Waals surface area contributed by atoms with Crippen molar-refractivity contribution in [1.29, 1.82) is 0 Å². The summed E-state index contributed by atoms with van der Waals surface area (Å²) in [4.78, 5) is 13.0. The fourth-order valence-corrected chi connectivity index (χ4v) is 3.58. The van der Waals surface area contributed by atoms with Gasteiger partial charge in [0.05, 0.1) is 11.5 Å². The molecule has 1 unspecified atom stereocenters. The molecule has 0 spiro atoms. The molecule has 0 bridgehead atoms. The summed E-state index contributed by atoms with van der Waals surface area (Å²) in [5.74, 6) is 2.64. The van der Waals surface area contributed by atoms with Crippen molar-refractivity contribution < 1.29 is 14.3 Å². The zero-order valence-corrected chi connectivity index (χ0v) is 16.4. The number of hydrogen-bond acceptors (Lipinski definition) is 4. The van der Waals surface area contributed by atoms with Crippen molar-refractivity contribution in [3.8, 4) is 11.5 Å². The SMILES string of the molecule is Cc1cc(NC(=O)C(C)(C)c2ccc3c(c2)OCCO3)nn1C(C)C1CC1. The molecule has 1 aliphatic carbocycles. The minimum Gasteiger partial charge on any atom is -0.486 e. The third-order valence-corrected chi connectivity index (χ3v) is 5.69. The summed E-state index contributed by atoms with van der Waals surface area (Å²) in [5, 5.41) is 7.62. The number of anilines is 1. The van der Waals surface area contributed by atoms with Crippen LogP contribution in [0.2, 0.25) is 0 Å². The van der Waals surface area contributed by atoms with Crippen LogP contribution >= 0.6 is 0 Å². The molecule has 27 heavy (non-hydrogen) atoms. The molecular weight excluding hydrogens is 342 g/mol. The lowest BCUT2D eigenvalue weighted by atomic mass is 9.83. The molecule has 1 aromatic carbocycles. The summed E-state index contributed by atoms with van der Waals surface area (Å²) in [7, 11) is 0. The Morgan fingerprint density at radius 2 is 1.93 bits per heavy atom. The molecule has 1 amide bonds. The van der Waals surface area contributed by atoms with Crippen LogP contribution in [0.3, 0.4) is 0 Å². The van der Waals surface area contributed by atoms with E-state index >= 15 is 0 Å². The van der Waals surface area contributed by atoms with E-state index in [-0.39, 0.29) is 5.91 Å². The van der Waals surface area contributed by atoms with Crippen LogP contribution < -0.4 is 14.8 Å². The largest absolute Gasteiger partial charge is 0.486 e. The van der Waals surface area contributed by atoms with Gasteiger partial charge in [-0.15, -0.1) is 0 Å². The van der Waals surface area contributed by atoms with Crippen LogP contribution in [-0.4, -0.2) is 28.9 Å². The van der Waals surface area contributed by atoms with Gasteiger partial charge < -0.3 is 14.8 Å². The number of rotatable bonds is 5. The van der Waals surface area contributed by atoms with E-state index in [2.05, 4.69) is 17.3 Å². The summed E-state index contributed by atoms with van der Waals surface area (Å²) in [5.41, 5.74) is 1.23. The van der Waals surface area contributed by atoms with Crippen molar-refractivity contribution in [2.75, 3.05) is 18.5 Å². The molecular formula is C21H27N3O3. The first-order valence-corrected chi connectivity index (χ1v) is 9.64. The lowest BCUT2D eigenvalue weighted by Gasteiger charge is -2.26. The molecule has 144 valence electrons. The Morgan fingerprint density at radius 3 is 2.63 bits per heavy atom. The van der Waals surface area contributed by atoms with Gasteiger partial charge in [0.15, 0.2) is 17.3 Å². The van der Waals surface area contributed by atoms with E-state index in [4.69, 9.17) is 9.47 Å². The van der Waals surface area contributed by atoms with Gasteiger partial charge in [-0.2, -0.15) is 5.10 Å². The Labute approximate surface area is 159 Å². The summed E-state index contributed by atoms with van der Waals surface area (Å²) >= 11 is 0. The maximum absolute atomic E-state index is 13.0. The molecule has 4 rings (SSSR count). The minimum absolute atomic E-state index is 0.0945. The smallest absolute Gasteiger partial charge is 0.235 e. The molecule has 1 aliphatic heterocycles. The van der Waals surface area contributed by atoms with Crippen LogP contribution in [0.15, 0.2) is 24.3 Å². The highest BCUT2D eigenvalue weighted by Gasteiger charge is 2.33. The van der Waals surface area contributed by atoms with Gasteiger partial charge >= 0.3 is 0 Å². The molecule has 0 radical (unpaired) electrons. The van der Waals surface area contributed by atoms with E-state index in [1.807, 2.05) is 49.7 Å². The third kappa shape index (κ3) is 3.40. The minimum atomic E-state index is -0.727. The van der Waals surface area contributed by atoms with E-state index in [9.17, 15) is 4.79 Å². The normalized spacial score (nSPS) is 17.5. The molecule has 6 heteroatoms. The molecule has 1 aromatic heterocycles. The van der Waals surface area contributed by atoms with Gasteiger partial charge in [-0.25, -0.2) is 0 Å². The number of carbonyl (C=O) groups excluding carboxylic acids is 1. The number of nitrogens with zero attached hydrogens (tertiary/aromatic N) is 2. The zero-order chi connectivity index (χ0) is 19.2. The highest BCUT2D eigenvalue weighted by molar-refractivity contribution is 5.98. The Kier molecular flexibility index (Phi) is 4.36. The first-order valence-electron chi connectivity index (χ1n) is 9.64. The number of benzene rings is 1. The third-order valence-electron chi connectivity index (χ3n) is 5.69. The van der Waals surface area contributed by atoms with Crippen molar-refractivity contribution in [3.63, 3.8) is 0 Å². The van der Waals surface area contributed by atoms with Gasteiger partial charge in [0, 0.05) is 11.8 Å². The van der Waals surface area contributed by atoms with E-state index in [0.717, 1.165) is 17.0 Å². The molecule has 6 nitrogen and oxygen atoms in total. The highest BCUT2D eigenvalue weighted by Crippen LogP contribution is 2.40. The monoisotopic (exact) mass is 369 g/mol. The van der Waals surface area contributed by atoms with Gasteiger partial charge in [0.1, 0.15) is 13.2 Å². The van der Waals surface area contributed by atoms with Crippen LogP contribution in [0.25, 0.3) is 0 Å². The molecule has 1 atom stereocenters. The number of amides is 1. The quantitative estimate of drug-likeness (QED) is 0.869. The molecule has 0 saturated heterocycles. The summed E-state index contributed by atoms with van der Waals surface area (Å²) in [6.45, 7) is 9.13. The lowest BCUT2D eigenvalue weighted by Crippen LogP contribution is -2.35. The molecule has 2 aromatic rings. The molecule has 1 N–H and O–H groups in total. The summed E-state index contributed by atoms with van der Waals surface area (Å²) < 4.78 is 13.3. The van der Waals surface area contributed by atoms with Gasteiger partial charge in [0.25, 0.3) is 0 Å². The van der Waals surface area contributed by atoms with Gasteiger partial charge in [-0.1, -0.05) is 6.07 Å². The van der Waals surface area contributed by atoms with Gasteiger partial charge in [-0.3, -0.25) is 9.48 Å². The molecule has 2 heterocycles. The predicted molar refractivity (Wildman–Crippen MR) is 103 cm³/mol. The molecule has 1 fully saturated rings. The van der Waals surface area contributed by atoms with E-state index in [1.54, 1.807) is 0 Å². The van der Waals surface area contributed by atoms with E-state index in [0.29, 0.717) is 36.7 Å². The number of aromatic nitrogens is 2. The second-order valence-corrected chi connectivity index (χ2v) is 8.13. The fourth-order valence-electron chi connectivity index (χ4n) is 3.58. The number of carbonyl (C=O) groups is 1. The average molecular weight is 369 g/mol. The number of hydrogen-bond donors (Lipinski definition) is 1. The number of aryl methyl sites for hydroxylation is 1. The summed E-state index contributed by atoms with van der Waals surface area (Å²) in [6.07, 6.45) is 2.53. The Balaban J connectivity index is 1.52. The van der Waals surface area contributed by atoms with E-state index in [1.165, 1.54) is 12.8 Å². The molecule has 2 aliphatic rings. The maximum atomic E-state index is 13.0. The van der Waals surface area contributed by atoms with Crippen molar-refractivity contribution >= 4 is 11.7 Å². The summed E-state index contributed by atoms with van der Waals surface area (Å²) in [6, 6.07) is 8.01. The Hall–Kier alpha value is -2.50. The Bertz CT molecular complexity index is 868. The van der Waals surface area contributed by atoms with Crippen LogP contribution in [0.1, 0.15) is 50.9 Å².